The molecule has 0 radical (unpaired) electrons. The lowest BCUT2D eigenvalue weighted by molar-refractivity contribution is -0.386. The van der Waals surface area contributed by atoms with E-state index >= 15 is 0 Å². The minimum Gasteiger partial charge on any atom is -0.484 e. The monoisotopic (exact) mass is 316 g/mol. The Bertz CT molecular complexity index is 435. The molecule has 1 aromatic carbocycles. The molecule has 18 heavy (non-hydrogen) atoms. The van der Waals surface area contributed by atoms with Gasteiger partial charge in [-0.05, 0) is 12.1 Å². The van der Waals surface area contributed by atoms with E-state index in [1.807, 2.05) is 0 Å². The normalized spacial score (nSPS) is 19.5. The summed E-state index contributed by atoms with van der Waals surface area (Å²) in [5.41, 5.74) is -0.0480. The highest BCUT2D eigenvalue weighted by Crippen LogP contribution is 2.30. The van der Waals surface area contributed by atoms with Gasteiger partial charge in [-0.1, -0.05) is 15.9 Å². The van der Waals surface area contributed by atoms with Gasteiger partial charge in [0.25, 0.3) is 0 Å². The molecule has 0 bridgehead atoms. The zero-order valence-corrected chi connectivity index (χ0v) is 11.2. The maximum Gasteiger partial charge on any atom is 0.312 e. The fourth-order valence-corrected chi connectivity index (χ4v) is 2.01. The molecule has 0 saturated carbocycles. The van der Waals surface area contributed by atoms with Crippen LogP contribution in [-0.2, 0) is 4.74 Å². The van der Waals surface area contributed by atoms with E-state index in [1.54, 1.807) is 12.1 Å². The topological polar surface area (TPSA) is 73.6 Å². The highest BCUT2D eigenvalue weighted by molar-refractivity contribution is 9.10. The number of nitro benzene ring substituents is 1. The van der Waals surface area contributed by atoms with Crippen LogP contribution in [0, 0.1) is 10.1 Å². The third-order valence-electron chi connectivity index (χ3n) is 2.55. The lowest BCUT2D eigenvalue weighted by atomic mass is 10.3. The third kappa shape index (κ3) is 3.41. The molecular formula is C11H13BrN2O4. The van der Waals surface area contributed by atoms with Crippen molar-refractivity contribution in [3.8, 4) is 5.75 Å². The first-order chi connectivity index (χ1) is 8.66. The summed E-state index contributed by atoms with van der Waals surface area (Å²) in [5, 5.41) is 14.1. The lowest BCUT2D eigenvalue weighted by Gasteiger charge is -2.23. The van der Waals surface area contributed by atoms with Crippen molar-refractivity contribution in [2.45, 2.75) is 6.10 Å². The number of rotatable bonds is 4. The molecule has 1 aliphatic heterocycles. The molecular weight excluding hydrogens is 304 g/mol. The van der Waals surface area contributed by atoms with Crippen LogP contribution in [0.1, 0.15) is 0 Å². The molecule has 98 valence electrons. The summed E-state index contributed by atoms with van der Waals surface area (Å²) in [4.78, 5) is 10.4. The van der Waals surface area contributed by atoms with Gasteiger partial charge in [0, 0.05) is 23.6 Å². The number of benzene rings is 1. The Hall–Kier alpha value is -1.18. The predicted molar refractivity (Wildman–Crippen MR) is 68.9 cm³/mol. The summed E-state index contributed by atoms with van der Waals surface area (Å²) in [6.07, 6.45) is -0.0676. The van der Waals surface area contributed by atoms with E-state index < -0.39 is 4.92 Å². The molecule has 6 nitrogen and oxygen atoms in total. The molecule has 0 aliphatic carbocycles. The number of hydrogen-bond acceptors (Lipinski definition) is 5. The summed E-state index contributed by atoms with van der Waals surface area (Å²) in [6, 6.07) is 4.72. The smallest absolute Gasteiger partial charge is 0.312 e. The maximum absolute atomic E-state index is 10.9. The van der Waals surface area contributed by atoms with Crippen LogP contribution in [0.4, 0.5) is 5.69 Å². The Morgan fingerprint density at radius 3 is 3.11 bits per heavy atom. The SMILES string of the molecule is O=[N+]([O-])c1cc(Br)ccc1OCC1CNCCO1. The number of ether oxygens (including phenoxy) is 2. The van der Waals surface area contributed by atoms with Gasteiger partial charge in [0.15, 0.2) is 5.75 Å². The van der Waals surface area contributed by atoms with Gasteiger partial charge in [-0.25, -0.2) is 0 Å². The fourth-order valence-electron chi connectivity index (χ4n) is 1.66. The van der Waals surface area contributed by atoms with Crippen molar-refractivity contribution >= 4 is 21.6 Å². The largest absolute Gasteiger partial charge is 0.484 e. The Labute approximate surface area is 113 Å². The van der Waals surface area contributed by atoms with Crippen molar-refractivity contribution in [3.05, 3.63) is 32.8 Å². The van der Waals surface area contributed by atoms with Crippen LogP contribution in [-0.4, -0.2) is 37.3 Å². The van der Waals surface area contributed by atoms with E-state index in [0.717, 1.165) is 6.54 Å². The van der Waals surface area contributed by atoms with Gasteiger partial charge < -0.3 is 14.8 Å². The molecule has 1 atom stereocenters. The molecule has 1 unspecified atom stereocenters. The molecule has 1 aliphatic rings. The molecule has 0 amide bonds. The number of halogens is 1. The summed E-state index contributed by atoms with van der Waals surface area (Å²) in [6.45, 7) is 2.46. The fraction of sp³-hybridized carbons (Fsp3) is 0.455. The van der Waals surface area contributed by atoms with Crippen molar-refractivity contribution in [3.63, 3.8) is 0 Å². The average molecular weight is 317 g/mol. The van der Waals surface area contributed by atoms with Crippen molar-refractivity contribution < 1.29 is 14.4 Å². The summed E-state index contributed by atoms with van der Waals surface area (Å²) in [7, 11) is 0. The van der Waals surface area contributed by atoms with Crippen molar-refractivity contribution in [2.75, 3.05) is 26.3 Å². The first-order valence-electron chi connectivity index (χ1n) is 5.56. The molecule has 0 spiro atoms. The lowest BCUT2D eigenvalue weighted by Crippen LogP contribution is -2.41. The Morgan fingerprint density at radius 2 is 2.44 bits per heavy atom. The molecule has 2 rings (SSSR count). The second-order valence-electron chi connectivity index (χ2n) is 3.88. The van der Waals surface area contributed by atoms with Crippen LogP contribution in [0.2, 0.25) is 0 Å². The molecule has 1 saturated heterocycles. The second kappa shape index (κ2) is 6.12. The molecule has 1 N–H and O–H groups in total. The van der Waals surface area contributed by atoms with Gasteiger partial charge in [-0.15, -0.1) is 0 Å². The molecule has 7 heteroatoms. The standard InChI is InChI=1S/C11H13BrN2O4/c12-8-1-2-11(10(5-8)14(15)16)18-7-9-6-13-3-4-17-9/h1-2,5,9,13H,3-4,6-7H2. The summed E-state index contributed by atoms with van der Waals surface area (Å²) >= 11 is 3.20. The van der Waals surface area contributed by atoms with Crippen molar-refractivity contribution in [1.82, 2.24) is 5.32 Å². The van der Waals surface area contributed by atoms with E-state index in [4.69, 9.17) is 9.47 Å². The average Bonchev–Trinajstić information content (AvgIpc) is 2.38. The number of nitro groups is 1. The Kier molecular flexibility index (Phi) is 4.51. The van der Waals surface area contributed by atoms with Gasteiger partial charge in [0.1, 0.15) is 12.7 Å². The van der Waals surface area contributed by atoms with Crippen LogP contribution in [0.25, 0.3) is 0 Å². The Morgan fingerprint density at radius 1 is 1.61 bits per heavy atom. The zero-order valence-electron chi connectivity index (χ0n) is 9.60. The van der Waals surface area contributed by atoms with E-state index in [0.29, 0.717) is 24.2 Å². The van der Waals surface area contributed by atoms with Crippen LogP contribution >= 0.6 is 15.9 Å². The predicted octanol–water partition coefficient (Wildman–Crippen LogP) is 1.72. The summed E-state index contributed by atoms with van der Waals surface area (Å²) in [5.74, 6) is 0.261. The zero-order chi connectivity index (χ0) is 13.0. The van der Waals surface area contributed by atoms with Gasteiger partial charge in [-0.2, -0.15) is 0 Å². The van der Waals surface area contributed by atoms with Gasteiger partial charge in [-0.3, -0.25) is 10.1 Å². The molecule has 0 aromatic heterocycles. The molecule has 1 aromatic rings. The van der Waals surface area contributed by atoms with Crippen LogP contribution in [0.3, 0.4) is 0 Å². The van der Waals surface area contributed by atoms with Crippen LogP contribution in [0.5, 0.6) is 5.75 Å². The molecule has 1 heterocycles. The minimum atomic E-state index is -0.458. The minimum absolute atomic E-state index is 0.0480. The van der Waals surface area contributed by atoms with E-state index in [9.17, 15) is 10.1 Å². The quantitative estimate of drug-likeness (QED) is 0.676. The first kappa shape index (κ1) is 13.3. The number of nitrogens with zero attached hydrogens (tertiary/aromatic N) is 1. The Balaban J connectivity index is 2.01. The highest BCUT2D eigenvalue weighted by atomic mass is 79.9. The van der Waals surface area contributed by atoms with E-state index in [-0.39, 0.29) is 17.5 Å². The second-order valence-corrected chi connectivity index (χ2v) is 4.79. The van der Waals surface area contributed by atoms with Gasteiger partial charge >= 0.3 is 5.69 Å². The summed E-state index contributed by atoms with van der Waals surface area (Å²) < 4.78 is 11.6. The first-order valence-corrected chi connectivity index (χ1v) is 6.35. The maximum atomic E-state index is 10.9. The van der Waals surface area contributed by atoms with Gasteiger partial charge in [0.2, 0.25) is 0 Å². The highest BCUT2D eigenvalue weighted by Gasteiger charge is 2.19. The van der Waals surface area contributed by atoms with Crippen LogP contribution < -0.4 is 10.1 Å². The van der Waals surface area contributed by atoms with E-state index in [2.05, 4.69) is 21.2 Å². The number of nitrogens with one attached hydrogen (secondary N) is 1. The van der Waals surface area contributed by atoms with Crippen LogP contribution in [0.15, 0.2) is 22.7 Å². The van der Waals surface area contributed by atoms with Gasteiger partial charge in [0.05, 0.1) is 11.5 Å². The third-order valence-corrected chi connectivity index (χ3v) is 3.04. The van der Waals surface area contributed by atoms with Crippen molar-refractivity contribution in [1.29, 1.82) is 0 Å². The molecule has 1 fully saturated rings. The number of morpholine rings is 1. The number of hydrogen-bond donors (Lipinski definition) is 1. The van der Waals surface area contributed by atoms with Crippen molar-refractivity contribution in [2.24, 2.45) is 0 Å². The van der Waals surface area contributed by atoms with E-state index in [1.165, 1.54) is 6.07 Å².